The van der Waals surface area contributed by atoms with E-state index >= 15 is 0 Å². The van der Waals surface area contributed by atoms with Gasteiger partial charge in [-0.1, -0.05) is 48.5 Å². The maximum Gasteiger partial charge on any atom is 0.331 e. The first-order chi connectivity index (χ1) is 18.2. The minimum atomic E-state index is -0.657. The minimum absolute atomic E-state index is 0.0275. The fraction of sp³-hybridized carbons (Fsp3) is 0.207. The van der Waals surface area contributed by atoms with Gasteiger partial charge in [0.2, 0.25) is 0 Å². The standard InChI is InChI=1S/C29H29N3O6/c1-19-15-25(36-4)27(26(16-19)37-5)31(18-21-11-7-6-8-12-21)29(35)30(3)28(34)24-17-22-13-9-10-14-23(22)32(24)38-20(2)33/h6-17H,18H2,1-5H3. The lowest BCUT2D eigenvalue weighted by molar-refractivity contribution is -0.141. The highest BCUT2D eigenvalue weighted by Gasteiger charge is 2.32. The quantitative estimate of drug-likeness (QED) is 0.350. The van der Waals surface area contributed by atoms with Gasteiger partial charge in [-0.3, -0.25) is 14.6 Å². The van der Waals surface area contributed by atoms with Crippen molar-refractivity contribution < 1.29 is 28.7 Å². The third-order valence-corrected chi connectivity index (χ3v) is 6.01. The van der Waals surface area contributed by atoms with E-state index in [1.165, 1.54) is 33.1 Å². The molecule has 38 heavy (non-hydrogen) atoms. The Bertz CT molecular complexity index is 1470. The summed E-state index contributed by atoms with van der Waals surface area (Å²) in [6, 6.07) is 21.0. The number of fused-ring (bicyclic) bond motifs is 1. The lowest BCUT2D eigenvalue weighted by Gasteiger charge is -2.30. The van der Waals surface area contributed by atoms with Crippen LogP contribution in [0.3, 0.4) is 0 Å². The number of anilines is 1. The first-order valence-corrected chi connectivity index (χ1v) is 11.9. The van der Waals surface area contributed by atoms with Gasteiger partial charge in [-0.15, -0.1) is 0 Å². The predicted octanol–water partition coefficient (Wildman–Crippen LogP) is 4.84. The van der Waals surface area contributed by atoms with Gasteiger partial charge in [-0.25, -0.2) is 9.59 Å². The van der Waals surface area contributed by atoms with Gasteiger partial charge in [0.25, 0.3) is 5.91 Å². The largest absolute Gasteiger partial charge is 0.494 e. The Morgan fingerprint density at radius 2 is 1.47 bits per heavy atom. The van der Waals surface area contributed by atoms with Crippen LogP contribution in [-0.2, 0) is 11.3 Å². The molecule has 3 amide bonds. The second kappa shape index (κ2) is 11.1. The second-order valence-corrected chi connectivity index (χ2v) is 8.70. The first-order valence-electron chi connectivity index (χ1n) is 11.9. The molecule has 0 unspecified atom stereocenters. The average Bonchev–Trinajstić information content (AvgIpc) is 3.28. The lowest BCUT2D eigenvalue weighted by Crippen LogP contribution is -2.45. The van der Waals surface area contributed by atoms with Crippen LogP contribution in [0.15, 0.2) is 72.8 Å². The minimum Gasteiger partial charge on any atom is -0.494 e. The van der Waals surface area contributed by atoms with E-state index in [0.29, 0.717) is 28.1 Å². The fourth-order valence-corrected chi connectivity index (χ4v) is 4.24. The molecule has 4 aromatic rings. The van der Waals surface area contributed by atoms with Gasteiger partial charge in [-0.2, -0.15) is 4.73 Å². The van der Waals surface area contributed by atoms with Crippen molar-refractivity contribution in [2.75, 3.05) is 26.2 Å². The molecule has 0 bridgehead atoms. The number of carbonyl (C=O) groups excluding carboxylic acids is 3. The maximum absolute atomic E-state index is 14.0. The predicted molar refractivity (Wildman–Crippen MR) is 144 cm³/mol. The van der Waals surface area contributed by atoms with Crippen molar-refractivity contribution in [3.63, 3.8) is 0 Å². The zero-order valence-corrected chi connectivity index (χ0v) is 21.9. The van der Waals surface area contributed by atoms with Crippen LogP contribution in [0.5, 0.6) is 11.5 Å². The molecule has 0 spiro atoms. The molecular formula is C29H29N3O6. The van der Waals surface area contributed by atoms with Crippen LogP contribution < -0.4 is 19.2 Å². The van der Waals surface area contributed by atoms with Crippen LogP contribution in [0.2, 0.25) is 0 Å². The molecule has 0 radical (unpaired) electrons. The van der Waals surface area contributed by atoms with Gasteiger partial charge < -0.3 is 14.3 Å². The number of aromatic nitrogens is 1. The zero-order valence-electron chi connectivity index (χ0n) is 21.9. The molecule has 9 nitrogen and oxygen atoms in total. The van der Waals surface area contributed by atoms with Gasteiger partial charge in [0, 0.05) is 19.4 Å². The van der Waals surface area contributed by atoms with Crippen LogP contribution in [0, 0.1) is 6.92 Å². The number of hydrogen-bond donors (Lipinski definition) is 0. The number of ether oxygens (including phenoxy) is 2. The van der Waals surface area contributed by atoms with E-state index in [2.05, 4.69) is 0 Å². The lowest BCUT2D eigenvalue weighted by atomic mass is 10.1. The number of carbonyl (C=O) groups is 3. The Hall–Kier alpha value is -4.79. The normalized spacial score (nSPS) is 10.7. The summed E-state index contributed by atoms with van der Waals surface area (Å²) in [5, 5.41) is 0.681. The van der Waals surface area contributed by atoms with Crippen molar-refractivity contribution in [3.8, 4) is 11.5 Å². The molecule has 0 N–H and O–H groups in total. The molecule has 1 aromatic heterocycles. The molecule has 0 saturated carbocycles. The topological polar surface area (TPSA) is 90.3 Å². The number of para-hydroxylation sites is 1. The highest BCUT2D eigenvalue weighted by atomic mass is 16.7. The average molecular weight is 516 g/mol. The summed E-state index contributed by atoms with van der Waals surface area (Å²) in [5.74, 6) is -0.424. The SMILES string of the molecule is COc1cc(C)cc(OC)c1N(Cc1ccccc1)C(=O)N(C)C(=O)c1cc2ccccc2n1OC(C)=O. The van der Waals surface area contributed by atoms with Crippen molar-refractivity contribution in [3.05, 3.63) is 89.6 Å². The fourth-order valence-electron chi connectivity index (χ4n) is 4.24. The molecule has 0 aliphatic rings. The summed E-state index contributed by atoms with van der Waals surface area (Å²) in [4.78, 5) is 47.3. The number of amides is 3. The van der Waals surface area contributed by atoms with E-state index in [-0.39, 0.29) is 12.2 Å². The smallest absolute Gasteiger partial charge is 0.331 e. The number of hydrogen-bond acceptors (Lipinski definition) is 6. The van der Waals surface area contributed by atoms with E-state index in [1.54, 1.807) is 42.5 Å². The Labute approximate surface area is 220 Å². The molecule has 3 aromatic carbocycles. The Kier molecular flexibility index (Phi) is 7.66. The van der Waals surface area contributed by atoms with Gasteiger partial charge >= 0.3 is 12.0 Å². The van der Waals surface area contributed by atoms with Gasteiger partial charge in [0.05, 0.1) is 26.3 Å². The van der Waals surface area contributed by atoms with Crippen molar-refractivity contribution in [2.45, 2.75) is 20.4 Å². The Balaban J connectivity index is 1.80. The number of nitrogens with zero attached hydrogens (tertiary/aromatic N) is 3. The van der Waals surface area contributed by atoms with E-state index in [0.717, 1.165) is 20.8 Å². The van der Waals surface area contributed by atoms with Crippen LogP contribution in [0.25, 0.3) is 10.9 Å². The second-order valence-electron chi connectivity index (χ2n) is 8.70. The maximum atomic E-state index is 14.0. The zero-order chi connectivity index (χ0) is 27.4. The van der Waals surface area contributed by atoms with E-state index in [9.17, 15) is 14.4 Å². The molecular weight excluding hydrogens is 486 g/mol. The molecule has 0 fully saturated rings. The van der Waals surface area contributed by atoms with Crippen molar-refractivity contribution in [2.24, 2.45) is 0 Å². The van der Waals surface area contributed by atoms with E-state index in [4.69, 9.17) is 14.3 Å². The van der Waals surface area contributed by atoms with Crippen LogP contribution in [0.4, 0.5) is 10.5 Å². The van der Waals surface area contributed by atoms with Crippen LogP contribution in [0.1, 0.15) is 28.5 Å². The summed E-state index contributed by atoms with van der Waals surface area (Å²) in [7, 11) is 4.40. The number of methoxy groups -OCH3 is 2. The van der Waals surface area contributed by atoms with Crippen LogP contribution >= 0.6 is 0 Å². The summed E-state index contributed by atoms with van der Waals surface area (Å²) in [5.41, 5.74) is 2.65. The van der Waals surface area contributed by atoms with Gasteiger partial charge in [-0.05, 0) is 42.3 Å². The Morgan fingerprint density at radius 1 is 0.868 bits per heavy atom. The summed E-state index contributed by atoms with van der Waals surface area (Å²) in [6.07, 6.45) is 0. The van der Waals surface area contributed by atoms with Gasteiger partial charge in [0.15, 0.2) is 0 Å². The van der Waals surface area contributed by atoms with E-state index in [1.807, 2.05) is 37.3 Å². The summed E-state index contributed by atoms with van der Waals surface area (Å²) >= 11 is 0. The van der Waals surface area contributed by atoms with Crippen molar-refractivity contribution in [1.29, 1.82) is 0 Å². The highest BCUT2D eigenvalue weighted by molar-refractivity contribution is 6.10. The third kappa shape index (κ3) is 5.17. The number of imide groups is 1. The molecule has 0 aliphatic heterocycles. The number of aryl methyl sites for hydroxylation is 1. The van der Waals surface area contributed by atoms with Gasteiger partial charge in [0.1, 0.15) is 22.9 Å². The number of rotatable bonds is 7. The molecule has 4 rings (SSSR count). The molecule has 1 heterocycles. The molecule has 196 valence electrons. The molecule has 0 saturated heterocycles. The monoisotopic (exact) mass is 515 g/mol. The summed E-state index contributed by atoms with van der Waals surface area (Å²) < 4.78 is 12.4. The number of benzene rings is 3. The number of urea groups is 1. The summed E-state index contributed by atoms with van der Waals surface area (Å²) in [6.45, 7) is 3.27. The third-order valence-electron chi connectivity index (χ3n) is 6.01. The molecule has 9 heteroatoms. The van der Waals surface area contributed by atoms with E-state index < -0.39 is 17.9 Å². The molecule has 0 aliphatic carbocycles. The Morgan fingerprint density at radius 3 is 2.08 bits per heavy atom. The molecule has 0 atom stereocenters. The highest BCUT2D eigenvalue weighted by Crippen LogP contribution is 2.40. The first kappa shape index (κ1) is 26.3. The van der Waals surface area contributed by atoms with Crippen molar-refractivity contribution >= 4 is 34.5 Å². The van der Waals surface area contributed by atoms with Crippen LogP contribution in [-0.4, -0.2) is 48.8 Å². The van der Waals surface area contributed by atoms with Crippen molar-refractivity contribution in [1.82, 2.24) is 9.63 Å².